The van der Waals surface area contributed by atoms with E-state index in [0.29, 0.717) is 18.0 Å². The molecule has 0 radical (unpaired) electrons. The highest BCUT2D eigenvalue weighted by Crippen LogP contribution is 2.34. The molecule has 1 heterocycles. The molecule has 0 fully saturated rings. The van der Waals surface area contributed by atoms with Gasteiger partial charge in [-0.3, -0.25) is 4.99 Å². The van der Waals surface area contributed by atoms with E-state index in [2.05, 4.69) is 45.0 Å². The number of hydrogen-bond donors (Lipinski definition) is 3. The van der Waals surface area contributed by atoms with Crippen LogP contribution in [0, 0.1) is 0 Å². The fraction of sp³-hybridized carbons (Fsp3) is 0.318. The Morgan fingerprint density at radius 1 is 0.933 bits per heavy atom. The van der Waals surface area contributed by atoms with E-state index in [-0.39, 0.29) is 24.0 Å². The Balaban J connectivity index is 0.00000320. The van der Waals surface area contributed by atoms with Gasteiger partial charge in [-0.2, -0.15) is 0 Å². The number of H-pyrrole nitrogens is 1. The van der Waals surface area contributed by atoms with Gasteiger partial charge < -0.3 is 29.8 Å². The van der Waals surface area contributed by atoms with E-state index < -0.39 is 0 Å². The van der Waals surface area contributed by atoms with E-state index in [1.807, 2.05) is 18.2 Å². The molecule has 0 amide bonds. The van der Waals surface area contributed by atoms with Gasteiger partial charge in [0.2, 0.25) is 0 Å². The minimum atomic E-state index is 0. The van der Waals surface area contributed by atoms with E-state index in [9.17, 15) is 0 Å². The molecule has 0 aliphatic carbocycles. The maximum atomic E-state index is 5.48. The topological polar surface area (TPSA) is 79.9 Å². The summed E-state index contributed by atoms with van der Waals surface area (Å²) >= 11 is 0. The number of fused-ring (bicyclic) bond motifs is 1. The monoisotopic (exact) mass is 524 g/mol. The van der Waals surface area contributed by atoms with Crippen LogP contribution in [0.3, 0.4) is 0 Å². The predicted molar refractivity (Wildman–Crippen MR) is 132 cm³/mol. The van der Waals surface area contributed by atoms with Crippen molar-refractivity contribution >= 4 is 40.8 Å². The van der Waals surface area contributed by atoms with Crippen molar-refractivity contribution in [2.24, 2.45) is 4.99 Å². The van der Waals surface area contributed by atoms with Gasteiger partial charge in [0.1, 0.15) is 5.75 Å². The fourth-order valence-electron chi connectivity index (χ4n) is 3.28. The van der Waals surface area contributed by atoms with Gasteiger partial charge in [0, 0.05) is 48.9 Å². The number of hydrogen-bond acceptors (Lipinski definition) is 4. The molecule has 0 aliphatic heterocycles. The number of aromatic amines is 1. The number of rotatable bonds is 8. The Labute approximate surface area is 194 Å². The summed E-state index contributed by atoms with van der Waals surface area (Å²) in [4.78, 5) is 7.62. The zero-order valence-corrected chi connectivity index (χ0v) is 20.1. The Kier molecular flexibility index (Phi) is 9.10. The van der Waals surface area contributed by atoms with Crippen LogP contribution in [0.4, 0.5) is 0 Å². The smallest absolute Gasteiger partial charge is 0.191 e. The molecule has 0 aliphatic rings. The molecule has 3 aromatic rings. The van der Waals surface area contributed by atoms with Crippen LogP contribution in [0.5, 0.6) is 17.2 Å². The van der Waals surface area contributed by atoms with Gasteiger partial charge in [-0.05, 0) is 24.1 Å². The van der Waals surface area contributed by atoms with Crippen LogP contribution < -0.4 is 24.8 Å². The molecule has 0 bridgehead atoms. The fourth-order valence-corrected chi connectivity index (χ4v) is 3.28. The summed E-state index contributed by atoms with van der Waals surface area (Å²) in [6.07, 6.45) is 2.96. The van der Waals surface area contributed by atoms with Crippen LogP contribution in [0.2, 0.25) is 0 Å². The van der Waals surface area contributed by atoms with Crippen LogP contribution in [0.25, 0.3) is 10.9 Å². The SMILES string of the molecule is CN=C(NCCc1c[nH]c2ccccc12)NCc1cc(OC)c(OC)cc1OC.I. The standard InChI is InChI=1S/C22H28N4O3.HI/c1-23-22(24-10-9-15-13-25-18-8-6-5-7-17(15)18)26-14-16-11-20(28-3)21(29-4)12-19(16)27-2;/h5-8,11-13,25H,9-10,14H2,1-4H3,(H2,23,24,26);1H. The van der Waals surface area contributed by atoms with Crippen molar-refractivity contribution in [3.05, 3.63) is 53.7 Å². The molecule has 1 aromatic heterocycles. The molecule has 3 N–H and O–H groups in total. The van der Waals surface area contributed by atoms with E-state index in [4.69, 9.17) is 14.2 Å². The molecule has 2 aromatic carbocycles. The Bertz CT molecular complexity index is 988. The second kappa shape index (κ2) is 11.5. The van der Waals surface area contributed by atoms with Crippen molar-refractivity contribution < 1.29 is 14.2 Å². The predicted octanol–water partition coefficient (Wildman–Crippen LogP) is 3.72. The van der Waals surface area contributed by atoms with E-state index in [1.165, 1.54) is 10.9 Å². The van der Waals surface area contributed by atoms with Crippen molar-refractivity contribution in [1.29, 1.82) is 0 Å². The third-order valence-corrected chi connectivity index (χ3v) is 4.82. The summed E-state index contributed by atoms with van der Waals surface area (Å²) in [5, 5.41) is 7.94. The molecule has 0 spiro atoms. The summed E-state index contributed by atoms with van der Waals surface area (Å²) in [6.45, 7) is 1.31. The lowest BCUT2D eigenvalue weighted by Gasteiger charge is -2.16. The number of methoxy groups -OCH3 is 3. The first kappa shape index (κ1) is 23.7. The first-order valence-corrected chi connectivity index (χ1v) is 9.48. The molecule has 0 saturated heterocycles. The quantitative estimate of drug-likeness (QED) is 0.238. The van der Waals surface area contributed by atoms with Crippen LogP contribution in [-0.4, -0.2) is 45.9 Å². The van der Waals surface area contributed by atoms with Crippen molar-refractivity contribution in [1.82, 2.24) is 15.6 Å². The van der Waals surface area contributed by atoms with Crippen LogP contribution in [0.1, 0.15) is 11.1 Å². The lowest BCUT2D eigenvalue weighted by molar-refractivity contribution is 0.347. The summed E-state index contributed by atoms with van der Waals surface area (Å²) < 4.78 is 16.2. The molecule has 3 rings (SSSR count). The Hall–Kier alpha value is -2.62. The van der Waals surface area contributed by atoms with Gasteiger partial charge in [0.05, 0.1) is 21.3 Å². The highest BCUT2D eigenvalue weighted by molar-refractivity contribution is 14.0. The van der Waals surface area contributed by atoms with Crippen LogP contribution >= 0.6 is 24.0 Å². The van der Waals surface area contributed by atoms with E-state index >= 15 is 0 Å². The van der Waals surface area contributed by atoms with Crippen LogP contribution in [-0.2, 0) is 13.0 Å². The molecular weight excluding hydrogens is 495 g/mol. The minimum Gasteiger partial charge on any atom is -0.496 e. The van der Waals surface area contributed by atoms with Gasteiger partial charge in [0.15, 0.2) is 17.5 Å². The van der Waals surface area contributed by atoms with E-state index in [1.54, 1.807) is 28.4 Å². The van der Waals surface area contributed by atoms with Gasteiger partial charge in [-0.15, -0.1) is 24.0 Å². The molecule has 162 valence electrons. The number of aliphatic imine (C=N–C) groups is 1. The van der Waals surface area contributed by atoms with Crippen molar-refractivity contribution in [3.63, 3.8) is 0 Å². The molecule has 0 atom stereocenters. The highest BCUT2D eigenvalue weighted by Gasteiger charge is 2.12. The normalized spacial score (nSPS) is 11.0. The third kappa shape index (κ3) is 5.50. The summed E-state index contributed by atoms with van der Waals surface area (Å²) in [7, 11) is 6.62. The summed E-state index contributed by atoms with van der Waals surface area (Å²) in [6, 6.07) is 12.0. The second-order valence-electron chi connectivity index (χ2n) is 6.48. The number of benzene rings is 2. The largest absolute Gasteiger partial charge is 0.496 e. The molecule has 7 nitrogen and oxygen atoms in total. The van der Waals surface area contributed by atoms with Crippen molar-refractivity contribution in [2.45, 2.75) is 13.0 Å². The molecule has 0 saturated carbocycles. The number of aromatic nitrogens is 1. The number of nitrogens with zero attached hydrogens (tertiary/aromatic N) is 1. The average Bonchev–Trinajstić information content (AvgIpc) is 3.18. The Morgan fingerprint density at radius 3 is 2.33 bits per heavy atom. The van der Waals surface area contributed by atoms with Crippen LogP contribution in [0.15, 0.2) is 47.6 Å². The number of para-hydroxylation sites is 1. The van der Waals surface area contributed by atoms with Gasteiger partial charge in [-0.1, -0.05) is 18.2 Å². The molecule has 30 heavy (non-hydrogen) atoms. The third-order valence-electron chi connectivity index (χ3n) is 4.82. The lowest BCUT2D eigenvalue weighted by atomic mass is 10.1. The minimum absolute atomic E-state index is 0. The lowest BCUT2D eigenvalue weighted by Crippen LogP contribution is -2.37. The average molecular weight is 524 g/mol. The van der Waals surface area contributed by atoms with Gasteiger partial charge >= 0.3 is 0 Å². The zero-order valence-electron chi connectivity index (χ0n) is 17.7. The van der Waals surface area contributed by atoms with Gasteiger partial charge in [0.25, 0.3) is 0 Å². The number of ether oxygens (including phenoxy) is 3. The van der Waals surface area contributed by atoms with Crippen molar-refractivity contribution in [2.75, 3.05) is 34.9 Å². The second-order valence-corrected chi connectivity index (χ2v) is 6.48. The van der Waals surface area contributed by atoms with Gasteiger partial charge in [-0.25, -0.2) is 0 Å². The van der Waals surface area contributed by atoms with E-state index in [0.717, 1.165) is 35.8 Å². The first-order chi connectivity index (χ1) is 14.2. The van der Waals surface area contributed by atoms with Crippen molar-refractivity contribution in [3.8, 4) is 17.2 Å². The highest BCUT2D eigenvalue weighted by atomic mass is 127. The summed E-state index contributed by atoms with van der Waals surface area (Å²) in [5.74, 6) is 2.74. The molecule has 0 unspecified atom stereocenters. The maximum absolute atomic E-state index is 5.48. The Morgan fingerprint density at radius 2 is 1.63 bits per heavy atom. The number of nitrogens with one attached hydrogen (secondary N) is 3. The maximum Gasteiger partial charge on any atom is 0.191 e. The number of halogens is 1. The molecule has 8 heteroatoms. The first-order valence-electron chi connectivity index (χ1n) is 9.48. The number of guanidine groups is 1. The zero-order chi connectivity index (χ0) is 20.6. The molecular formula is C22H29IN4O3. The summed E-state index contributed by atoms with van der Waals surface area (Å²) in [5.41, 5.74) is 3.39.